The molecule has 1 aromatic heterocycles. The van der Waals surface area contributed by atoms with Gasteiger partial charge < -0.3 is 4.90 Å². The molecule has 3 heterocycles. The summed E-state index contributed by atoms with van der Waals surface area (Å²) >= 11 is 0. The maximum atomic E-state index is 4.45. The van der Waals surface area contributed by atoms with E-state index in [0.717, 1.165) is 36.7 Å². The highest BCUT2D eigenvalue weighted by Gasteiger charge is 2.31. The van der Waals surface area contributed by atoms with Crippen molar-refractivity contribution >= 4 is 5.82 Å². The topological polar surface area (TPSA) is 32.3 Å². The fourth-order valence-corrected chi connectivity index (χ4v) is 3.46. The number of nitrogens with zero attached hydrogens (tertiary/aromatic N) is 4. The molecule has 2 aliphatic rings. The number of hydrogen-bond acceptors (Lipinski definition) is 4. The first-order valence-corrected chi connectivity index (χ1v) is 7.78. The molecular weight excluding hydrogens is 260 g/mol. The highest BCUT2D eigenvalue weighted by molar-refractivity contribution is 5.59. The molecule has 0 bridgehead atoms. The molecule has 2 saturated heterocycles. The van der Waals surface area contributed by atoms with Gasteiger partial charge in [0, 0.05) is 31.2 Å². The first-order valence-electron chi connectivity index (χ1n) is 7.78. The maximum Gasteiger partial charge on any atom is 0.151 e. The van der Waals surface area contributed by atoms with Crippen molar-refractivity contribution in [3.05, 3.63) is 42.5 Å². The Bertz CT molecular complexity index is 596. The monoisotopic (exact) mass is 280 g/mol. The molecule has 1 unspecified atom stereocenters. The standard InChI is InChI=1S/C17H20N4/c1-2-5-14(6-3-1)16-8-9-17(19-18-16)21-12-11-20-10-4-7-15(20)13-21/h1-3,5-6,8-9,15H,4,7,10-13H2. The summed E-state index contributed by atoms with van der Waals surface area (Å²) in [7, 11) is 0. The van der Waals surface area contributed by atoms with E-state index in [1.165, 1.54) is 19.4 Å². The average Bonchev–Trinajstić information content (AvgIpc) is 3.03. The van der Waals surface area contributed by atoms with Crippen LogP contribution in [-0.2, 0) is 0 Å². The fourth-order valence-electron chi connectivity index (χ4n) is 3.46. The van der Waals surface area contributed by atoms with E-state index in [2.05, 4.69) is 44.3 Å². The number of piperazine rings is 1. The molecule has 0 aliphatic carbocycles. The summed E-state index contributed by atoms with van der Waals surface area (Å²) in [4.78, 5) is 5.00. The van der Waals surface area contributed by atoms with Crippen LogP contribution < -0.4 is 4.90 Å². The van der Waals surface area contributed by atoms with Gasteiger partial charge in [-0.2, -0.15) is 0 Å². The Morgan fingerprint density at radius 3 is 2.62 bits per heavy atom. The first-order chi connectivity index (χ1) is 10.4. The molecule has 2 aromatic rings. The molecule has 0 radical (unpaired) electrons. The number of hydrogen-bond donors (Lipinski definition) is 0. The van der Waals surface area contributed by atoms with Gasteiger partial charge in [-0.1, -0.05) is 30.3 Å². The Kier molecular flexibility index (Phi) is 3.31. The van der Waals surface area contributed by atoms with Crippen molar-refractivity contribution in [2.45, 2.75) is 18.9 Å². The second kappa shape index (κ2) is 5.45. The minimum absolute atomic E-state index is 0.717. The second-order valence-corrected chi connectivity index (χ2v) is 5.92. The normalized spacial score (nSPS) is 22.3. The van der Waals surface area contributed by atoms with E-state index in [-0.39, 0.29) is 0 Å². The summed E-state index contributed by atoms with van der Waals surface area (Å²) in [5.41, 5.74) is 2.07. The molecule has 21 heavy (non-hydrogen) atoms. The van der Waals surface area contributed by atoms with Crippen molar-refractivity contribution in [1.29, 1.82) is 0 Å². The lowest BCUT2D eigenvalue weighted by atomic mass is 10.1. The molecule has 0 saturated carbocycles. The molecule has 4 nitrogen and oxygen atoms in total. The van der Waals surface area contributed by atoms with Crippen LogP contribution in [0.1, 0.15) is 12.8 Å². The Labute approximate surface area is 125 Å². The van der Waals surface area contributed by atoms with Crippen molar-refractivity contribution in [2.75, 3.05) is 31.1 Å². The van der Waals surface area contributed by atoms with E-state index in [4.69, 9.17) is 0 Å². The smallest absolute Gasteiger partial charge is 0.151 e. The van der Waals surface area contributed by atoms with Gasteiger partial charge >= 0.3 is 0 Å². The number of benzene rings is 1. The Morgan fingerprint density at radius 2 is 1.81 bits per heavy atom. The molecular formula is C17H20N4. The highest BCUT2D eigenvalue weighted by atomic mass is 15.3. The molecule has 0 amide bonds. The Hall–Kier alpha value is -1.94. The highest BCUT2D eigenvalue weighted by Crippen LogP contribution is 2.25. The van der Waals surface area contributed by atoms with E-state index in [0.29, 0.717) is 6.04 Å². The largest absolute Gasteiger partial charge is 0.352 e. The maximum absolute atomic E-state index is 4.45. The van der Waals surface area contributed by atoms with Crippen LogP contribution in [0.2, 0.25) is 0 Å². The molecule has 1 atom stereocenters. The number of aromatic nitrogens is 2. The lowest BCUT2D eigenvalue weighted by Crippen LogP contribution is -2.50. The number of rotatable bonds is 2. The van der Waals surface area contributed by atoms with E-state index in [1.54, 1.807) is 0 Å². The zero-order chi connectivity index (χ0) is 14.1. The molecule has 2 aliphatic heterocycles. The third-order valence-electron chi connectivity index (χ3n) is 4.63. The lowest BCUT2D eigenvalue weighted by molar-refractivity contribution is 0.230. The van der Waals surface area contributed by atoms with Crippen molar-refractivity contribution < 1.29 is 0 Å². The van der Waals surface area contributed by atoms with Crippen molar-refractivity contribution in [1.82, 2.24) is 15.1 Å². The van der Waals surface area contributed by atoms with Crippen LogP contribution in [-0.4, -0.2) is 47.3 Å². The summed E-state index contributed by atoms with van der Waals surface area (Å²) < 4.78 is 0. The van der Waals surface area contributed by atoms with Gasteiger partial charge in [0.25, 0.3) is 0 Å². The van der Waals surface area contributed by atoms with Gasteiger partial charge in [0.2, 0.25) is 0 Å². The zero-order valence-electron chi connectivity index (χ0n) is 12.2. The number of fused-ring (bicyclic) bond motifs is 1. The molecule has 4 heteroatoms. The molecule has 0 N–H and O–H groups in total. The lowest BCUT2D eigenvalue weighted by Gasteiger charge is -2.37. The van der Waals surface area contributed by atoms with Crippen LogP contribution >= 0.6 is 0 Å². The summed E-state index contributed by atoms with van der Waals surface area (Å²) in [6.07, 6.45) is 2.67. The van der Waals surface area contributed by atoms with Gasteiger partial charge in [0.05, 0.1) is 5.69 Å². The van der Waals surface area contributed by atoms with Gasteiger partial charge in [0.1, 0.15) is 0 Å². The molecule has 1 aromatic carbocycles. The van der Waals surface area contributed by atoms with Crippen LogP contribution in [0.5, 0.6) is 0 Å². The summed E-state index contributed by atoms with van der Waals surface area (Å²) in [6.45, 7) is 4.60. The SMILES string of the molecule is c1ccc(-c2ccc(N3CCN4CCCC4C3)nn2)cc1. The molecule has 108 valence electrons. The van der Waals surface area contributed by atoms with Crippen molar-refractivity contribution in [3.8, 4) is 11.3 Å². The van der Waals surface area contributed by atoms with Crippen molar-refractivity contribution in [2.24, 2.45) is 0 Å². The van der Waals surface area contributed by atoms with Gasteiger partial charge in [-0.15, -0.1) is 10.2 Å². The predicted octanol–water partition coefficient (Wildman–Crippen LogP) is 2.43. The summed E-state index contributed by atoms with van der Waals surface area (Å²) in [6, 6.07) is 15.1. The third-order valence-corrected chi connectivity index (χ3v) is 4.63. The van der Waals surface area contributed by atoms with Crippen LogP contribution in [0.15, 0.2) is 42.5 Å². The summed E-state index contributed by atoms with van der Waals surface area (Å²) in [5, 5.41) is 8.85. The van der Waals surface area contributed by atoms with Crippen LogP contribution in [0, 0.1) is 0 Å². The van der Waals surface area contributed by atoms with Gasteiger partial charge in [-0.05, 0) is 31.5 Å². The minimum Gasteiger partial charge on any atom is -0.352 e. The van der Waals surface area contributed by atoms with E-state index in [1.807, 2.05) is 18.2 Å². The van der Waals surface area contributed by atoms with E-state index in [9.17, 15) is 0 Å². The zero-order valence-corrected chi connectivity index (χ0v) is 12.2. The third kappa shape index (κ3) is 2.51. The van der Waals surface area contributed by atoms with Gasteiger partial charge in [-0.25, -0.2) is 0 Å². The fraction of sp³-hybridized carbons (Fsp3) is 0.412. The molecule has 4 rings (SSSR count). The van der Waals surface area contributed by atoms with Crippen LogP contribution in [0.4, 0.5) is 5.82 Å². The molecule has 2 fully saturated rings. The van der Waals surface area contributed by atoms with Crippen LogP contribution in [0.25, 0.3) is 11.3 Å². The van der Waals surface area contributed by atoms with E-state index < -0.39 is 0 Å². The number of anilines is 1. The molecule has 0 spiro atoms. The van der Waals surface area contributed by atoms with Gasteiger partial charge in [0.15, 0.2) is 5.82 Å². The Balaban J connectivity index is 1.51. The van der Waals surface area contributed by atoms with Crippen molar-refractivity contribution in [3.63, 3.8) is 0 Å². The second-order valence-electron chi connectivity index (χ2n) is 5.92. The summed E-state index contributed by atoms with van der Waals surface area (Å²) in [5.74, 6) is 1.02. The Morgan fingerprint density at radius 1 is 0.905 bits per heavy atom. The first kappa shape index (κ1) is 12.8. The van der Waals surface area contributed by atoms with Crippen LogP contribution in [0.3, 0.4) is 0 Å². The minimum atomic E-state index is 0.717. The van der Waals surface area contributed by atoms with E-state index >= 15 is 0 Å². The van der Waals surface area contributed by atoms with Gasteiger partial charge in [-0.3, -0.25) is 4.90 Å². The quantitative estimate of drug-likeness (QED) is 0.845. The average molecular weight is 280 g/mol. The predicted molar refractivity (Wildman–Crippen MR) is 84.3 cm³/mol.